The van der Waals surface area contributed by atoms with Crippen molar-refractivity contribution in [3.05, 3.63) is 53.0 Å². The Labute approximate surface area is 158 Å². The summed E-state index contributed by atoms with van der Waals surface area (Å²) in [7, 11) is 0. The molecule has 2 aromatic heterocycles. The molecule has 0 radical (unpaired) electrons. The fraction of sp³-hybridized carbons (Fsp3) is 0.381. The van der Waals surface area contributed by atoms with Crippen LogP contribution in [0.3, 0.4) is 0 Å². The number of fused-ring (bicyclic) bond motifs is 1. The van der Waals surface area contributed by atoms with Crippen LogP contribution in [0.15, 0.2) is 34.7 Å². The van der Waals surface area contributed by atoms with Gasteiger partial charge in [-0.25, -0.2) is 0 Å². The van der Waals surface area contributed by atoms with Gasteiger partial charge in [0.25, 0.3) is 0 Å². The Kier molecular flexibility index (Phi) is 5.60. The molecule has 6 heteroatoms. The highest BCUT2D eigenvalue weighted by molar-refractivity contribution is 5.79. The van der Waals surface area contributed by atoms with Gasteiger partial charge >= 0.3 is 0 Å². The molecular formula is C21H24N4O2. The van der Waals surface area contributed by atoms with Crippen molar-refractivity contribution >= 4 is 16.9 Å². The third-order valence-electron chi connectivity index (χ3n) is 4.82. The highest BCUT2D eigenvalue weighted by Gasteiger charge is 2.16. The lowest BCUT2D eigenvalue weighted by molar-refractivity contribution is -0.121. The molecule has 1 aromatic carbocycles. The molecule has 0 spiro atoms. The number of nitriles is 1. The summed E-state index contributed by atoms with van der Waals surface area (Å²) >= 11 is 0. The Balaban J connectivity index is 1.59. The molecule has 1 unspecified atom stereocenters. The van der Waals surface area contributed by atoms with Crippen LogP contribution in [0.4, 0.5) is 0 Å². The molecule has 0 fully saturated rings. The zero-order valence-electron chi connectivity index (χ0n) is 16.0. The molecule has 140 valence electrons. The maximum atomic E-state index is 12.4. The lowest BCUT2D eigenvalue weighted by atomic mass is 10.1. The van der Waals surface area contributed by atoms with Gasteiger partial charge in [-0.05, 0) is 44.9 Å². The van der Waals surface area contributed by atoms with Crippen LogP contribution >= 0.6 is 0 Å². The standard InChI is InChI=1S/C21H24N4O2/c1-14-18(16(3)25(24-14)12-6-11-22)9-10-21(26)23-15(2)20-13-17-7-4-5-8-19(17)27-20/h4-5,7-8,13,15H,6,9-10,12H2,1-3H3,(H,23,26). The van der Waals surface area contributed by atoms with Crippen LogP contribution < -0.4 is 5.32 Å². The van der Waals surface area contributed by atoms with Gasteiger partial charge in [0.1, 0.15) is 11.3 Å². The van der Waals surface area contributed by atoms with E-state index in [1.165, 1.54) is 0 Å². The van der Waals surface area contributed by atoms with Crippen LogP contribution in [-0.4, -0.2) is 15.7 Å². The summed E-state index contributed by atoms with van der Waals surface area (Å²) in [4.78, 5) is 12.4. The molecule has 3 rings (SSSR count). The summed E-state index contributed by atoms with van der Waals surface area (Å²) in [6.07, 6.45) is 1.44. The molecule has 0 aliphatic carbocycles. The first-order valence-electron chi connectivity index (χ1n) is 9.17. The Bertz CT molecular complexity index is 960. The van der Waals surface area contributed by atoms with Crippen molar-refractivity contribution in [2.24, 2.45) is 0 Å². The summed E-state index contributed by atoms with van der Waals surface area (Å²) in [5.74, 6) is 0.729. The second-order valence-electron chi connectivity index (χ2n) is 6.76. The van der Waals surface area contributed by atoms with Gasteiger partial charge < -0.3 is 9.73 Å². The molecule has 3 aromatic rings. The number of rotatable bonds is 7. The summed E-state index contributed by atoms with van der Waals surface area (Å²) in [6.45, 7) is 6.44. The molecule has 27 heavy (non-hydrogen) atoms. The number of nitrogens with one attached hydrogen (secondary N) is 1. The Morgan fingerprint density at radius 1 is 1.37 bits per heavy atom. The van der Waals surface area contributed by atoms with Crippen molar-refractivity contribution < 1.29 is 9.21 Å². The number of benzene rings is 1. The van der Waals surface area contributed by atoms with Gasteiger partial charge in [0, 0.05) is 17.5 Å². The van der Waals surface area contributed by atoms with Gasteiger partial charge in [-0.15, -0.1) is 0 Å². The normalized spacial score (nSPS) is 12.1. The molecule has 0 bridgehead atoms. The van der Waals surface area contributed by atoms with Gasteiger partial charge in [0.15, 0.2) is 0 Å². The first kappa shape index (κ1) is 18.7. The van der Waals surface area contributed by atoms with Crippen LogP contribution in [0.1, 0.15) is 48.5 Å². The van der Waals surface area contributed by atoms with E-state index >= 15 is 0 Å². The first-order chi connectivity index (χ1) is 13.0. The molecule has 1 atom stereocenters. The minimum atomic E-state index is -0.189. The summed E-state index contributed by atoms with van der Waals surface area (Å²) < 4.78 is 7.67. The fourth-order valence-electron chi connectivity index (χ4n) is 3.31. The zero-order chi connectivity index (χ0) is 19.4. The quantitative estimate of drug-likeness (QED) is 0.687. The van der Waals surface area contributed by atoms with Crippen molar-refractivity contribution in [3.63, 3.8) is 0 Å². The highest BCUT2D eigenvalue weighted by atomic mass is 16.3. The van der Waals surface area contributed by atoms with E-state index in [0.29, 0.717) is 25.8 Å². The minimum Gasteiger partial charge on any atom is -0.459 e. The van der Waals surface area contributed by atoms with Gasteiger partial charge in [0.05, 0.1) is 30.8 Å². The molecule has 0 aliphatic rings. The molecule has 0 aliphatic heterocycles. The van der Waals surface area contributed by atoms with Crippen LogP contribution in [0, 0.1) is 25.2 Å². The van der Waals surface area contributed by atoms with Crippen molar-refractivity contribution in [2.45, 2.75) is 52.6 Å². The monoisotopic (exact) mass is 364 g/mol. The number of aryl methyl sites for hydroxylation is 2. The van der Waals surface area contributed by atoms with Gasteiger partial charge in [-0.2, -0.15) is 10.4 Å². The predicted octanol–water partition coefficient (Wildman–Crippen LogP) is 3.97. The predicted molar refractivity (Wildman–Crippen MR) is 103 cm³/mol. The molecule has 1 amide bonds. The van der Waals surface area contributed by atoms with Gasteiger partial charge in [-0.1, -0.05) is 18.2 Å². The number of furan rings is 1. The molecule has 0 saturated carbocycles. The van der Waals surface area contributed by atoms with E-state index in [4.69, 9.17) is 9.68 Å². The smallest absolute Gasteiger partial charge is 0.220 e. The second-order valence-corrected chi connectivity index (χ2v) is 6.76. The van der Waals surface area contributed by atoms with E-state index in [1.807, 2.05) is 55.8 Å². The van der Waals surface area contributed by atoms with Crippen LogP contribution in [0.5, 0.6) is 0 Å². The SMILES string of the molecule is Cc1nn(CCC#N)c(C)c1CCC(=O)NC(C)c1cc2ccccc2o1. The van der Waals surface area contributed by atoms with Crippen LogP contribution in [-0.2, 0) is 17.8 Å². The molecule has 1 N–H and O–H groups in total. The van der Waals surface area contributed by atoms with E-state index in [1.54, 1.807) is 0 Å². The number of aromatic nitrogens is 2. The molecule has 0 saturated heterocycles. The van der Waals surface area contributed by atoms with E-state index in [2.05, 4.69) is 16.5 Å². The Hall–Kier alpha value is -3.07. The van der Waals surface area contributed by atoms with Crippen molar-refractivity contribution in [3.8, 4) is 6.07 Å². The lowest BCUT2D eigenvalue weighted by Crippen LogP contribution is -2.26. The third kappa shape index (κ3) is 4.20. The number of carbonyl (C=O) groups is 1. The van der Waals surface area contributed by atoms with E-state index in [9.17, 15) is 4.79 Å². The number of para-hydroxylation sites is 1. The van der Waals surface area contributed by atoms with Crippen molar-refractivity contribution in [1.29, 1.82) is 5.26 Å². The number of nitrogens with zero attached hydrogens (tertiary/aromatic N) is 3. The average molecular weight is 364 g/mol. The largest absolute Gasteiger partial charge is 0.459 e. The number of hydrogen-bond donors (Lipinski definition) is 1. The van der Waals surface area contributed by atoms with E-state index in [0.717, 1.165) is 33.7 Å². The maximum Gasteiger partial charge on any atom is 0.220 e. The van der Waals surface area contributed by atoms with Crippen molar-refractivity contribution in [1.82, 2.24) is 15.1 Å². The Morgan fingerprint density at radius 3 is 2.89 bits per heavy atom. The second kappa shape index (κ2) is 8.09. The highest BCUT2D eigenvalue weighted by Crippen LogP contribution is 2.23. The number of carbonyl (C=O) groups excluding carboxylic acids is 1. The molecule has 2 heterocycles. The summed E-state index contributed by atoms with van der Waals surface area (Å²) in [5, 5.41) is 17.3. The summed E-state index contributed by atoms with van der Waals surface area (Å²) in [5.41, 5.74) is 3.86. The van der Waals surface area contributed by atoms with Gasteiger partial charge in [-0.3, -0.25) is 9.48 Å². The maximum absolute atomic E-state index is 12.4. The zero-order valence-corrected chi connectivity index (χ0v) is 16.0. The first-order valence-corrected chi connectivity index (χ1v) is 9.17. The van der Waals surface area contributed by atoms with Crippen LogP contribution in [0.2, 0.25) is 0 Å². The van der Waals surface area contributed by atoms with Gasteiger partial charge in [0.2, 0.25) is 5.91 Å². The Morgan fingerprint density at radius 2 is 2.15 bits per heavy atom. The third-order valence-corrected chi connectivity index (χ3v) is 4.82. The average Bonchev–Trinajstić information content (AvgIpc) is 3.19. The van der Waals surface area contributed by atoms with E-state index in [-0.39, 0.29) is 11.9 Å². The topological polar surface area (TPSA) is 83.8 Å². The number of amides is 1. The van der Waals surface area contributed by atoms with E-state index < -0.39 is 0 Å². The lowest BCUT2D eigenvalue weighted by Gasteiger charge is -2.11. The molecular weight excluding hydrogens is 340 g/mol. The summed E-state index contributed by atoms with van der Waals surface area (Å²) in [6, 6.07) is 11.7. The van der Waals surface area contributed by atoms with Crippen LogP contribution in [0.25, 0.3) is 11.0 Å². The fourth-order valence-corrected chi connectivity index (χ4v) is 3.31. The van der Waals surface area contributed by atoms with Crippen molar-refractivity contribution in [2.75, 3.05) is 0 Å². The number of hydrogen-bond acceptors (Lipinski definition) is 4. The minimum absolute atomic E-state index is 0.0217. The molecule has 6 nitrogen and oxygen atoms in total.